The first-order valence-corrected chi connectivity index (χ1v) is 5.85. The largest absolute Gasteiger partial charge is 0.481 e. The van der Waals surface area contributed by atoms with Gasteiger partial charge in [0.1, 0.15) is 5.82 Å². The van der Waals surface area contributed by atoms with Crippen LogP contribution in [0.2, 0.25) is 0 Å². The Morgan fingerprint density at radius 2 is 2.12 bits per heavy atom. The van der Waals surface area contributed by atoms with E-state index < -0.39 is 5.97 Å². The molecule has 2 N–H and O–H groups in total. The molecule has 2 unspecified atom stereocenters. The van der Waals surface area contributed by atoms with Crippen molar-refractivity contribution < 1.29 is 14.3 Å². The van der Waals surface area contributed by atoms with Crippen LogP contribution in [0.5, 0.6) is 0 Å². The summed E-state index contributed by atoms with van der Waals surface area (Å²) in [7, 11) is 0. The Morgan fingerprint density at radius 3 is 2.71 bits per heavy atom. The van der Waals surface area contributed by atoms with Crippen LogP contribution in [-0.2, 0) is 11.2 Å². The molecule has 1 aliphatic rings. The van der Waals surface area contributed by atoms with Gasteiger partial charge < -0.3 is 10.4 Å². The predicted molar refractivity (Wildman–Crippen MR) is 62.2 cm³/mol. The Hall–Kier alpha value is -1.42. The zero-order chi connectivity index (χ0) is 12.3. The minimum Gasteiger partial charge on any atom is -0.481 e. The summed E-state index contributed by atoms with van der Waals surface area (Å²) in [6, 6.07) is 6.45. The molecule has 2 rings (SSSR count). The average Bonchev–Trinajstić information content (AvgIpc) is 3.06. The molecular weight excluding hydrogens is 221 g/mol. The number of carboxylic acids is 1. The van der Waals surface area contributed by atoms with Crippen LogP contribution in [0.1, 0.15) is 12.0 Å². The van der Waals surface area contributed by atoms with Crippen LogP contribution in [0.25, 0.3) is 0 Å². The highest BCUT2D eigenvalue weighted by molar-refractivity contribution is 5.73. The minimum atomic E-state index is -0.685. The molecule has 92 valence electrons. The molecule has 0 radical (unpaired) electrons. The number of halogens is 1. The quantitative estimate of drug-likeness (QED) is 0.740. The van der Waals surface area contributed by atoms with Gasteiger partial charge in [0.15, 0.2) is 0 Å². The normalized spacial score (nSPS) is 22.4. The van der Waals surface area contributed by atoms with Crippen LogP contribution < -0.4 is 5.32 Å². The van der Waals surface area contributed by atoms with E-state index in [1.165, 1.54) is 12.1 Å². The number of benzene rings is 1. The summed E-state index contributed by atoms with van der Waals surface area (Å²) >= 11 is 0. The summed E-state index contributed by atoms with van der Waals surface area (Å²) in [4.78, 5) is 10.6. The van der Waals surface area contributed by atoms with Crippen molar-refractivity contribution in [2.24, 2.45) is 11.8 Å². The van der Waals surface area contributed by atoms with E-state index in [0.717, 1.165) is 31.5 Å². The highest BCUT2D eigenvalue weighted by Gasteiger charge is 2.42. The first-order chi connectivity index (χ1) is 8.16. The molecule has 0 aliphatic heterocycles. The molecule has 3 nitrogen and oxygen atoms in total. The van der Waals surface area contributed by atoms with Gasteiger partial charge in [0.25, 0.3) is 0 Å². The van der Waals surface area contributed by atoms with Crippen molar-refractivity contribution in [2.45, 2.75) is 12.8 Å². The summed E-state index contributed by atoms with van der Waals surface area (Å²) in [5.41, 5.74) is 1.09. The van der Waals surface area contributed by atoms with Crippen LogP contribution >= 0.6 is 0 Å². The maximum atomic E-state index is 12.6. The van der Waals surface area contributed by atoms with E-state index in [2.05, 4.69) is 5.32 Å². The third kappa shape index (κ3) is 3.53. The molecule has 1 aromatic carbocycles. The molecule has 2 atom stereocenters. The van der Waals surface area contributed by atoms with Gasteiger partial charge in [-0.3, -0.25) is 4.79 Å². The average molecular weight is 237 g/mol. The standard InChI is InChI=1S/C13H16FNO2/c14-11-3-1-9(2-4-11)5-6-15-8-10-7-12(10)13(16)17/h1-4,10,12,15H,5-8H2,(H,16,17). The van der Waals surface area contributed by atoms with Gasteiger partial charge >= 0.3 is 5.97 Å². The van der Waals surface area contributed by atoms with Crippen molar-refractivity contribution in [3.8, 4) is 0 Å². The van der Waals surface area contributed by atoms with Crippen LogP contribution in [0.15, 0.2) is 24.3 Å². The molecule has 17 heavy (non-hydrogen) atoms. The molecule has 0 amide bonds. The maximum Gasteiger partial charge on any atom is 0.306 e. The Bertz CT molecular complexity index is 391. The van der Waals surface area contributed by atoms with Gasteiger partial charge in [-0.25, -0.2) is 4.39 Å². The molecule has 0 saturated heterocycles. The van der Waals surface area contributed by atoms with Gasteiger partial charge in [0.2, 0.25) is 0 Å². The van der Waals surface area contributed by atoms with E-state index in [4.69, 9.17) is 5.11 Å². The van der Waals surface area contributed by atoms with E-state index in [1.54, 1.807) is 12.1 Å². The van der Waals surface area contributed by atoms with Crippen LogP contribution in [0.3, 0.4) is 0 Å². The first-order valence-electron chi connectivity index (χ1n) is 5.85. The van der Waals surface area contributed by atoms with Crippen LogP contribution in [-0.4, -0.2) is 24.2 Å². The fraction of sp³-hybridized carbons (Fsp3) is 0.462. The fourth-order valence-corrected chi connectivity index (χ4v) is 1.95. The van der Waals surface area contributed by atoms with Gasteiger partial charge in [-0.15, -0.1) is 0 Å². The lowest BCUT2D eigenvalue weighted by molar-refractivity contribution is -0.138. The number of rotatable bonds is 6. The van der Waals surface area contributed by atoms with E-state index in [9.17, 15) is 9.18 Å². The van der Waals surface area contributed by atoms with E-state index in [-0.39, 0.29) is 11.7 Å². The molecule has 1 aromatic rings. The van der Waals surface area contributed by atoms with Gasteiger partial charge in [-0.05, 0) is 49.5 Å². The molecule has 0 bridgehead atoms. The molecule has 1 saturated carbocycles. The number of carboxylic acid groups (broad SMARTS) is 1. The number of hydrogen-bond acceptors (Lipinski definition) is 2. The second kappa shape index (κ2) is 5.27. The molecule has 1 aliphatic carbocycles. The second-order valence-electron chi connectivity index (χ2n) is 4.52. The monoisotopic (exact) mass is 237 g/mol. The number of hydrogen-bond donors (Lipinski definition) is 2. The second-order valence-corrected chi connectivity index (χ2v) is 4.52. The van der Waals surface area contributed by atoms with E-state index >= 15 is 0 Å². The third-order valence-corrected chi connectivity index (χ3v) is 3.15. The van der Waals surface area contributed by atoms with Crippen molar-refractivity contribution in [1.29, 1.82) is 0 Å². The lowest BCUT2D eigenvalue weighted by Crippen LogP contribution is -2.21. The van der Waals surface area contributed by atoms with Crippen molar-refractivity contribution in [3.05, 3.63) is 35.6 Å². The molecule has 0 spiro atoms. The molecule has 0 aromatic heterocycles. The zero-order valence-corrected chi connectivity index (χ0v) is 9.53. The fourth-order valence-electron chi connectivity index (χ4n) is 1.95. The third-order valence-electron chi connectivity index (χ3n) is 3.15. The molecule has 0 heterocycles. The van der Waals surface area contributed by atoms with Crippen molar-refractivity contribution >= 4 is 5.97 Å². The van der Waals surface area contributed by atoms with Crippen molar-refractivity contribution in [1.82, 2.24) is 5.32 Å². The van der Waals surface area contributed by atoms with Crippen LogP contribution in [0.4, 0.5) is 4.39 Å². The van der Waals surface area contributed by atoms with E-state index in [0.29, 0.717) is 5.92 Å². The molecule has 4 heteroatoms. The number of carbonyl (C=O) groups is 1. The summed E-state index contributed by atoms with van der Waals surface area (Å²) in [5.74, 6) is -0.756. The van der Waals surface area contributed by atoms with Gasteiger partial charge in [0.05, 0.1) is 5.92 Å². The van der Waals surface area contributed by atoms with Gasteiger partial charge in [0, 0.05) is 0 Å². The lowest BCUT2D eigenvalue weighted by atomic mass is 10.1. The highest BCUT2D eigenvalue weighted by atomic mass is 19.1. The Kier molecular flexibility index (Phi) is 3.74. The SMILES string of the molecule is O=C(O)C1CC1CNCCc1ccc(F)cc1. The number of aliphatic carboxylic acids is 1. The Balaban J connectivity index is 1.61. The zero-order valence-electron chi connectivity index (χ0n) is 9.53. The summed E-state index contributed by atoms with van der Waals surface area (Å²) in [5, 5.41) is 12.0. The van der Waals surface area contributed by atoms with E-state index in [1.807, 2.05) is 0 Å². The maximum absolute atomic E-state index is 12.6. The molecule has 1 fully saturated rings. The highest BCUT2D eigenvalue weighted by Crippen LogP contribution is 2.37. The summed E-state index contributed by atoms with van der Waals surface area (Å²) in [6.45, 7) is 1.56. The lowest BCUT2D eigenvalue weighted by Gasteiger charge is -2.04. The summed E-state index contributed by atoms with van der Waals surface area (Å²) < 4.78 is 12.6. The van der Waals surface area contributed by atoms with Crippen LogP contribution in [0, 0.1) is 17.7 Å². The van der Waals surface area contributed by atoms with Crippen molar-refractivity contribution in [3.63, 3.8) is 0 Å². The van der Waals surface area contributed by atoms with Gasteiger partial charge in [-0.1, -0.05) is 12.1 Å². The predicted octanol–water partition coefficient (Wildman–Crippen LogP) is 1.68. The Labute approximate surface area is 99.7 Å². The minimum absolute atomic E-state index is 0.145. The topological polar surface area (TPSA) is 49.3 Å². The smallest absolute Gasteiger partial charge is 0.306 e. The molecular formula is C13H16FNO2. The number of nitrogens with one attached hydrogen (secondary N) is 1. The van der Waals surface area contributed by atoms with Crippen molar-refractivity contribution in [2.75, 3.05) is 13.1 Å². The summed E-state index contributed by atoms with van der Waals surface area (Å²) in [6.07, 6.45) is 1.63. The van der Waals surface area contributed by atoms with Gasteiger partial charge in [-0.2, -0.15) is 0 Å². The Morgan fingerprint density at radius 1 is 1.41 bits per heavy atom. The first kappa shape index (κ1) is 12.0.